The molecule has 1 saturated heterocycles. The van der Waals surface area contributed by atoms with Gasteiger partial charge in [-0.05, 0) is 35.6 Å². The highest BCUT2D eigenvalue weighted by Gasteiger charge is 2.46. The highest BCUT2D eigenvalue weighted by Crippen LogP contribution is 2.48. The maximum atomic E-state index is 12.7. The van der Waals surface area contributed by atoms with E-state index in [9.17, 15) is 4.79 Å². The quantitative estimate of drug-likeness (QED) is 0.849. The first kappa shape index (κ1) is 15.3. The molecule has 3 heterocycles. The molecule has 2 aromatic rings. The van der Waals surface area contributed by atoms with Crippen molar-refractivity contribution in [3.8, 4) is 0 Å². The van der Waals surface area contributed by atoms with Crippen molar-refractivity contribution in [1.82, 2.24) is 24.6 Å². The summed E-state index contributed by atoms with van der Waals surface area (Å²) < 4.78 is 1.81. The van der Waals surface area contributed by atoms with E-state index in [-0.39, 0.29) is 5.92 Å². The number of hydrogen-bond donors (Lipinski definition) is 0. The highest BCUT2D eigenvalue weighted by atomic mass is 16.2. The number of pyridine rings is 1. The minimum atomic E-state index is 0.168. The summed E-state index contributed by atoms with van der Waals surface area (Å²) in [4.78, 5) is 21.2. The topological polar surface area (TPSA) is 54.3 Å². The van der Waals surface area contributed by atoms with E-state index >= 15 is 0 Å². The summed E-state index contributed by atoms with van der Waals surface area (Å²) in [6.45, 7) is 4.49. The van der Waals surface area contributed by atoms with Gasteiger partial charge in [0.2, 0.25) is 5.91 Å². The van der Waals surface area contributed by atoms with E-state index in [2.05, 4.69) is 27.1 Å². The van der Waals surface area contributed by atoms with Gasteiger partial charge in [0.15, 0.2) is 0 Å². The van der Waals surface area contributed by atoms with Gasteiger partial charge in [-0.15, -0.1) is 0 Å². The summed E-state index contributed by atoms with van der Waals surface area (Å²) in [5, 5.41) is 4.21. The largest absolute Gasteiger partial charge is 0.340 e. The molecule has 126 valence electrons. The molecular weight excluding hydrogens is 302 g/mol. The SMILES string of the molecule is Cn1cc(C2CC2C(=O)N2CCN(Cc3ccncc3)CC2)cn1. The second-order valence-corrected chi connectivity index (χ2v) is 6.85. The lowest BCUT2D eigenvalue weighted by Crippen LogP contribution is -2.48. The van der Waals surface area contributed by atoms with Crippen molar-refractivity contribution in [3.63, 3.8) is 0 Å². The zero-order valence-electron chi connectivity index (χ0n) is 14.0. The number of aryl methyl sites for hydroxylation is 1. The summed E-state index contributed by atoms with van der Waals surface area (Å²) in [7, 11) is 1.92. The van der Waals surface area contributed by atoms with Crippen LogP contribution in [0, 0.1) is 5.92 Å². The minimum Gasteiger partial charge on any atom is -0.340 e. The Balaban J connectivity index is 1.28. The van der Waals surface area contributed by atoms with Crippen molar-refractivity contribution in [2.24, 2.45) is 13.0 Å². The van der Waals surface area contributed by atoms with E-state index in [4.69, 9.17) is 0 Å². The number of carbonyl (C=O) groups excluding carboxylic acids is 1. The van der Waals surface area contributed by atoms with E-state index in [0.717, 1.165) is 39.1 Å². The molecule has 0 spiro atoms. The van der Waals surface area contributed by atoms with Gasteiger partial charge in [-0.25, -0.2) is 0 Å². The second kappa shape index (κ2) is 6.36. The highest BCUT2D eigenvalue weighted by molar-refractivity contribution is 5.83. The van der Waals surface area contributed by atoms with Gasteiger partial charge in [0.25, 0.3) is 0 Å². The van der Waals surface area contributed by atoms with Crippen molar-refractivity contribution in [2.75, 3.05) is 26.2 Å². The Morgan fingerprint density at radius 1 is 1.21 bits per heavy atom. The fourth-order valence-corrected chi connectivity index (χ4v) is 3.58. The Morgan fingerprint density at radius 2 is 1.96 bits per heavy atom. The predicted molar refractivity (Wildman–Crippen MR) is 90.2 cm³/mol. The van der Waals surface area contributed by atoms with Crippen molar-refractivity contribution in [1.29, 1.82) is 0 Å². The van der Waals surface area contributed by atoms with Crippen LogP contribution in [-0.2, 0) is 18.4 Å². The second-order valence-electron chi connectivity index (χ2n) is 6.85. The van der Waals surface area contributed by atoms with Crippen LogP contribution in [0.5, 0.6) is 0 Å². The molecule has 2 fully saturated rings. The van der Waals surface area contributed by atoms with E-state index in [1.54, 1.807) is 0 Å². The molecule has 2 atom stereocenters. The molecule has 0 radical (unpaired) electrons. The Morgan fingerprint density at radius 3 is 2.62 bits per heavy atom. The minimum absolute atomic E-state index is 0.168. The molecule has 1 aliphatic heterocycles. The molecule has 1 amide bonds. The number of hydrogen-bond acceptors (Lipinski definition) is 4. The fourth-order valence-electron chi connectivity index (χ4n) is 3.58. The van der Waals surface area contributed by atoms with Crippen LogP contribution in [0.3, 0.4) is 0 Å². The maximum Gasteiger partial charge on any atom is 0.226 e. The lowest BCUT2D eigenvalue weighted by Gasteiger charge is -2.35. The van der Waals surface area contributed by atoms with Crippen molar-refractivity contribution in [3.05, 3.63) is 48.0 Å². The number of nitrogens with zero attached hydrogens (tertiary/aromatic N) is 5. The summed E-state index contributed by atoms with van der Waals surface area (Å²) in [5.74, 6) is 0.870. The summed E-state index contributed by atoms with van der Waals surface area (Å²) in [5.41, 5.74) is 2.48. The van der Waals surface area contributed by atoms with E-state index in [1.165, 1.54) is 11.1 Å². The molecule has 4 rings (SSSR count). The molecule has 1 aliphatic carbocycles. The third-order valence-corrected chi connectivity index (χ3v) is 5.10. The number of aromatic nitrogens is 3. The van der Waals surface area contributed by atoms with Crippen LogP contribution in [0.2, 0.25) is 0 Å². The standard InChI is InChI=1S/C18H23N5O/c1-21-13-15(11-20-21)16-10-17(16)18(24)23-8-6-22(7-9-23)12-14-2-4-19-5-3-14/h2-5,11,13,16-17H,6-10,12H2,1H3. The smallest absolute Gasteiger partial charge is 0.226 e. The van der Waals surface area contributed by atoms with Crippen LogP contribution in [0.4, 0.5) is 0 Å². The number of rotatable bonds is 4. The van der Waals surface area contributed by atoms with Crippen LogP contribution in [-0.4, -0.2) is 56.7 Å². The fraction of sp³-hybridized carbons (Fsp3) is 0.500. The normalized spacial score (nSPS) is 24.1. The van der Waals surface area contributed by atoms with Crippen LogP contribution >= 0.6 is 0 Å². The zero-order valence-corrected chi connectivity index (χ0v) is 14.0. The summed E-state index contributed by atoms with van der Waals surface area (Å²) in [6.07, 6.45) is 8.57. The molecule has 0 bridgehead atoms. The molecular formula is C18H23N5O. The van der Waals surface area contributed by atoms with Gasteiger partial charge in [-0.1, -0.05) is 0 Å². The molecule has 6 heteroatoms. The lowest BCUT2D eigenvalue weighted by atomic mass is 10.1. The van der Waals surface area contributed by atoms with Crippen LogP contribution in [0.25, 0.3) is 0 Å². The molecule has 0 aromatic carbocycles. The van der Waals surface area contributed by atoms with Crippen LogP contribution in [0.15, 0.2) is 36.9 Å². The number of carbonyl (C=O) groups is 1. The molecule has 2 aliphatic rings. The predicted octanol–water partition coefficient (Wildman–Crippen LogP) is 1.26. The van der Waals surface area contributed by atoms with Crippen LogP contribution < -0.4 is 0 Å². The van der Waals surface area contributed by atoms with Crippen molar-refractivity contribution in [2.45, 2.75) is 18.9 Å². The van der Waals surface area contributed by atoms with E-state index < -0.39 is 0 Å². The van der Waals surface area contributed by atoms with Gasteiger partial charge in [0.05, 0.1) is 6.20 Å². The van der Waals surface area contributed by atoms with Gasteiger partial charge < -0.3 is 4.90 Å². The molecule has 24 heavy (non-hydrogen) atoms. The molecule has 6 nitrogen and oxygen atoms in total. The van der Waals surface area contributed by atoms with Gasteiger partial charge in [0, 0.05) is 64.3 Å². The van der Waals surface area contributed by atoms with Crippen LogP contribution in [0.1, 0.15) is 23.5 Å². The Labute approximate surface area is 142 Å². The Hall–Kier alpha value is -2.21. The maximum absolute atomic E-state index is 12.7. The molecule has 2 aromatic heterocycles. The average Bonchev–Trinajstić information content (AvgIpc) is 3.30. The van der Waals surface area contributed by atoms with Gasteiger partial charge in [0.1, 0.15) is 0 Å². The third kappa shape index (κ3) is 3.19. The van der Waals surface area contributed by atoms with E-state index in [0.29, 0.717) is 11.8 Å². The van der Waals surface area contributed by atoms with Crippen molar-refractivity contribution < 1.29 is 4.79 Å². The first-order valence-electron chi connectivity index (χ1n) is 8.59. The summed E-state index contributed by atoms with van der Waals surface area (Å²) in [6, 6.07) is 4.11. The van der Waals surface area contributed by atoms with Gasteiger partial charge >= 0.3 is 0 Å². The molecule has 1 saturated carbocycles. The van der Waals surface area contributed by atoms with Gasteiger partial charge in [-0.2, -0.15) is 5.10 Å². The molecule has 2 unspecified atom stereocenters. The van der Waals surface area contributed by atoms with Gasteiger partial charge in [-0.3, -0.25) is 19.4 Å². The number of amides is 1. The molecule has 0 N–H and O–H groups in total. The monoisotopic (exact) mass is 325 g/mol. The first-order valence-corrected chi connectivity index (χ1v) is 8.59. The van der Waals surface area contributed by atoms with Crippen molar-refractivity contribution >= 4 is 5.91 Å². The Kier molecular flexibility index (Phi) is 4.06. The van der Waals surface area contributed by atoms with E-state index in [1.807, 2.05) is 41.4 Å². The average molecular weight is 325 g/mol. The first-order chi connectivity index (χ1) is 11.7. The number of piperazine rings is 1. The zero-order chi connectivity index (χ0) is 16.5. The summed E-state index contributed by atoms with van der Waals surface area (Å²) >= 11 is 0. The third-order valence-electron chi connectivity index (χ3n) is 5.10. The lowest BCUT2D eigenvalue weighted by molar-refractivity contribution is -0.134. The Bertz CT molecular complexity index is 705.